The summed E-state index contributed by atoms with van der Waals surface area (Å²) in [4.78, 5) is 0. The maximum Gasteiger partial charge on any atom is 2.00 e. The monoisotopic (exact) mass is 1220 g/mol. The van der Waals surface area contributed by atoms with Gasteiger partial charge in [0, 0.05) is 23.3 Å². The number of hydrogen-bond acceptors (Lipinski definition) is 0. The van der Waals surface area contributed by atoms with Crippen LogP contribution in [0.2, 0.25) is 0 Å². The first-order valence-electron chi connectivity index (χ1n) is 38.2. The first-order chi connectivity index (χ1) is 41.6. The van der Waals surface area contributed by atoms with Gasteiger partial charge in [-0.3, -0.25) is 0 Å². The molecule has 0 fully saturated rings. The molecule has 0 amide bonds. The van der Waals surface area contributed by atoms with E-state index in [1.54, 1.807) is 0 Å². The van der Waals surface area contributed by atoms with Crippen molar-refractivity contribution in [3.05, 3.63) is 102 Å². The molecule has 0 atom stereocenters. The van der Waals surface area contributed by atoms with E-state index in [0.717, 1.165) is 48.2 Å². The maximum absolute atomic E-state index is 10.8. The smallest absolute Gasteiger partial charge is 0.493 e. The van der Waals surface area contributed by atoms with Gasteiger partial charge in [-0.2, -0.15) is 12.8 Å². The fourth-order valence-corrected chi connectivity index (χ4v) is 12.4. The van der Waals surface area contributed by atoms with Crippen molar-refractivity contribution in [3.8, 4) is 0 Å². The van der Waals surface area contributed by atoms with Crippen LogP contribution in [0.1, 0.15) is 422 Å². The zero-order chi connectivity index (χ0) is 60.5. The molecule has 0 unspecified atom stereocenters. The minimum absolute atomic E-state index is 0. The van der Waals surface area contributed by atoms with E-state index in [0.29, 0.717) is 0 Å². The van der Waals surface area contributed by atoms with Gasteiger partial charge in [0.25, 0.3) is 0 Å². The number of allylic oxidation sites excluding steroid dienone is 2. The van der Waals surface area contributed by atoms with Crippen LogP contribution in [0, 0.1) is 13.8 Å². The van der Waals surface area contributed by atoms with Crippen molar-refractivity contribution in [2.45, 2.75) is 413 Å². The molecule has 1 aliphatic rings. The van der Waals surface area contributed by atoms with Crippen molar-refractivity contribution in [2.75, 3.05) is 0 Å². The van der Waals surface area contributed by atoms with Gasteiger partial charge in [-0.15, -0.1) is 0 Å². The molecule has 0 spiro atoms. The van der Waals surface area contributed by atoms with Crippen molar-refractivity contribution >= 4 is 11.4 Å². The molecule has 0 radical (unpaired) electrons. The average molecular weight is 1220 g/mol. The van der Waals surface area contributed by atoms with Crippen LogP contribution in [0.25, 0.3) is 16.9 Å². The third kappa shape index (κ3) is 53.6. The number of benzene rings is 2. The largest absolute Gasteiger partial charge is 2.00 e. The minimum Gasteiger partial charge on any atom is -0.493 e. The summed E-state index contributed by atoms with van der Waals surface area (Å²) in [7, 11) is 0. The zero-order valence-corrected chi connectivity index (χ0v) is 58.8. The second kappa shape index (κ2) is 67.9. The number of unbranched alkanes of at least 4 members (excludes halogenated alkanes) is 54. The van der Waals surface area contributed by atoms with Gasteiger partial charge in [0.2, 0.25) is 11.4 Å². The molecule has 0 aliphatic carbocycles. The molecular weight excluding hydrogens is 1070 g/mol. The summed E-state index contributed by atoms with van der Waals surface area (Å²) in [6, 6.07) is 17.0. The number of nitrogens with zero attached hydrogens (tertiary/aromatic N) is 2. The molecule has 0 N–H and O–H groups in total. The van der Waals surface area contributed by atoms with Crippen molar-refractivity contribution < 1.29 is 21.2 Å². The van der Waals surface area contributed by atoms with Gasteiger partial charge in [0.05, 0.1) is 0 Å². The Hall–Kier alpha value is -1.99. The van der Waals surface area contributed by atoms with E-state index in [-0.39, 0.29) is 16.5 Å². The number of hydrogen-bond donors (Lipinski definition) is 0. The van der Waals surface area contributed by atoms with Gasteiger partial charge in [-0.05, 0) is 61.1 Å². The summed E-state index contributed by atoms with van der Waals surface area (Å²) in [5.41, 5.74) is 17.3. The third-order valence-corrected chi connectivity index (χ3v) is 18.1. The van der Waals surface area contributed by atoms with Gasteiger partial charge in [-0.1, -0.05) is 399 Å². The fourth-order valence-electron chi connectivity index (χ4n) is 12.4. The molecule has 2 nitrogen and oxygen atoms in total. The Kier molecular flexibility index (Phi) is 66.3. The molecule has 85 heavy (non-hydrogen) atoms. The summed E-state index contributed by atoms with van der Waals surface area (Å²) < 4.78 is 1.33. The van der Waals surface area contributed by atoms with Crippen molar-refractivity contribution in [2.24, 2.45) is 0 Å². The number of rotatable bonds is 60. The Balaban J connectivity index is 0.00000124. The molecule has 0 saturated carbocycles. The molecule has 1 heterocycles. The Morgan fingerprint density at radius 1 is 0.271 bits per heavy atom. The van der Waals surface area contributed by atoms with Crippen LogP contribution < -0.4 is 0 Å². The van der Waals surface area contributed by atoms with Crippen LogP contribution in [0.3, 0.4) is 0 Å². The van der Waals surface area contributed by atoms with Crippen LogP contribution in [-0.2, 0) is 29.3 Å². The Morgan fingerprint density at radius 2 is 0.459 bits per heavy atom. The Bertz CT molecular complexity index is 1550. The summed E-state index contributed by atoms with van der Waals surface area (Å²) in [5, 5.41) is 0. The second-order valence-electron chi connectivity index (χ2n) is 26.4. The first kappa shape index (κ1) is 83.0. The minimum atomic E-state index is 0. The second-order valence-corrected chi connectivity index (χ2v) is 26.4. The van der Waals surface area contributed by atoms with E-state index in [1.807, 2.05) is 12.2 Å². The fraction of sp³-hybridized carbons (Fsp3) is 0.780. The predicted octanol–water partition coefficient (Wildman–Crippen LogP) is 29.5. The third-order valence-electron chi connectivity index (χ3n) is 18.1. The molecule has 494 valence electrons. The van der Waals surface area contributed by atoms with Gasteiger partial charge in [0.15, 0.2) is 0 Å². The molecule has 2 aromatic carbocycles. The summed E-state index contributed by atoms with van der Waals surface area (Å²) in [6.07, 6.45) is 89.5. The van der Waals surface area contributed by atoms with E-state index >= 15 is 0 Å². The van der Waals surface area contributed by atoms with Crippen LogP contribution in [0.15, 0.2) is 60.7 Å². The van der Waals surface area contributed by atoms with Crippen molar-refractivity contribution in [3.63, 3.8) is 0 Å². The first-order valence-corrected chi connectivity index (χ1v) is 38.2. The van der Waals surface area contributed by atoms with E-state index < -0.39 is 0 Å². The molecular formula is C82H146N2Ni. The van der Waals surface area contributed by atoms with E-state index in [4.69, 9.17) is 0 Å². The van der Waals surface area contributed by atoms with E-state index in [1.165, 1.54) is 375 Å². The topological polar surface area (TPSA) is 25.3 Å². The van der Waals surface area contributed by atoms with Crippen LogP contribution >= 0.6 is 0 Å². The van der Waals surface area contributed by atoms with Gasteiger partial charge >= 0.3 is 16.5 Å². The van der Waals surface area contributed by atoms with Crippen LogP contribution in [0.4, 0.5) is 0 Å². The predicted molar refractivity (Wildman–Crippen MR) is 381 cm³/mol. The summed E-state index contributed by atoms with van der Waals surface area (Å²) in [6.45, 7) is 16.9. The van der Waals surface area contributed by atoms with Gasteiger partial charge in [0.1, 0.15) is 0 Å². The van der Waals surface area contributed by atoms with Gasteiger partial charge in [-0.25, -0.2) is 4.70 Å². The molecule has 1 aliphatic heterocycles. The summed E-state index contributed by atoms with van der Waals surface area (Å²) >= 11 is 0. The normalized spacial score (nSPS) is 12.0. The zero-order valence-electron chi connectivity index (χ0n) is 57.8. The molecule has 0 bridgehead atoms. The Morgan fingerprint density at radius 3 is 0.647 bits per heavy atom. The molecule has 0 aromatic heterocycles. The van der Waals surface area contributed by atoms with Crippen LogP contribution in [0.5, 0.6) is 0 Å². The molecule has 2 aromatic rings. The SMILES string of the molecule is CCCCc1cccc(C2=CC=C(c3cccc(CCCC)c3)[N+]2=[N-])c1.[CH2-]CCCCCCCCCCCCCCCCCCCCCCCCCCCC.[CH2-]CCCCCCCCCCCCCCCCCCCCCCCCCCCC.[Ni+2]. The quantitative estimate of drug-likeness (QED) is 0.0273. The van der Waals surface area contributed by atoms with E-state index in [2.05, 4.69) is 90.1 Å². The van der Waals surface area contributed by atoms with Crippen LogP contribution in [-0.4, -0.2) is 4.70 Å². The maximum atomic E-state index is 10.8. The molecule has 3 rings (SSSR count). The molecule has 3 heteroatoms. The average Bonchev–Trinajstić information content (AvgIpc) is 3.79. The van der Waals surface area contributed by atoms with Crippen molar-refractivity contribution in [1.82, 2.24) is 0 Å². The standard InChI is InChI=1S/2C29H59.C24H28N2.Ni/c2*1-3-5-7-9-11-13-15-17-19-21-23-25-27-29-28-26-24-22-20-18-16-14-12-10-8-6-4-2;1-3-5-9-19-11-7-13-21(17-19)23-15-16-24(26(23)25)22-14-8-12-20(18-22)10-6-4-2;/h2*1,3-29H2,2H3;7-8,11-18H,3-6,9-10H2,1-2H3;/q2*-1;;+2. The Labute approximate surface area is 544 Å². The van der Waals surface area contributed by atoms with E-state index in [9.17, 15) is 5.53 Å². The van der Waals surface area contributed by atoms with Gasteiger partial charge < -0.3 is 19.4 Å². The number of aryl methyl sites for hydroxylation is 2. The summed E-state index contributed by atoms with van der Waals surface area (Å²) in [5.74, 6) is 0. The van der Waals surface area contributed by atoms with Crippen molar-refractivity contribution in [1.29, 1.82) is 0 Å². The molecule has 0 saturated heterocycles.